The van der Waals surface area contributed by atoms with E-state index < -0.39 is 23.3 Å². The summed E-state index contributed by atoms with van der Waals surface area (Å²) < 4.78 is 58.5. The molecule has 0 aliphatic carbocycles. The minimum Gasteiger partial charge on any atom is -0.461 e. The first kappa shape index (κ1) is 28.8. The number of aromatic nitrogens is 5. The number of thiophene rings is 1. The number of nitrogens with zero attached hydrogens (tertiary/aromatic N) is 7. The summed E-state index contributed by atoms with van der Waals surface area (Å²) in [4.78, 5) is 15.6. The van der Waals surface area contributed by atoms with Crippen LogP contribution in [0.1, 0.15) is 41.6 Å². The molecule has 0 saturated carbocycles. The monoisotopic (exact) mass is 645 g/mol. The number of nitrogens with one attached hydrogen (secondary N) is 1. The van der Waals surface area contributed by atoms with E-state index in [9.17, 15) is 14.0 Å². The smallest absolute Gasteiger partial charge is 0.319 e. The molecular weight excluding hydrogens is 619 g/mol. The van der Waals surface area contributed by atoms with Crippen LogP contribution in [0.5, 0.6) is 6.01 Å². The topological polar surface area (TPSA) is 148 Å². The zero-order valence-corrected chi connectivity index (χ0v) is 25.1. The maximum Gasteiger partial charge on any atom is 0.319 e. The average Bonchev–Trinajstić information content (AvgIpc) is 3.83. The van der Waals surface area contributed by atoms with Crippen LogP contribution in [0.3, 0.4) is 0 Å². The Kier molecular flexibility index (Phi) is 6.89. The third-order valence-corrected chi connectivity index (χ3v) is 10.1. The highest BCUT2D eigenvalue weighted by molar-refractivity contribution is 7.23. The first-order chi connectivity index (χ1) is 22.4. The summed E-state index contributed by atoms with van der Waals surface area (Å²) in [5, 5.41) is 21.8. The molecule has 0 amide bonds. The van der Waals surface area contributed by atoms with Gasteiger partial charge in [-0.3, -0.25) is 9.88 Å². The van der Waals surface area contributed by atoms with Crippen LogP contribution in [-0.4, -0.2) is 61.5 Å². The van der Waals surface area contributed by atoms with E-state index in [0.29, 0.717) is 41.0 Å². The Balaban J connectivity index is 1.31. The summed E-state index contributed by atoms with van der Waals surface area (Å²) in [5.74, 6) is -1.13. The standard InChI is InChI=1S/C31H26F3N9O2S/c32-15-7-31(4-2-6-43(31)11-15)14-45-30-40-26-23(29(41-30)38-9-16-3-1-5-39-42-16)19-13-44-12-18(19)21(24(26)34)25-22-17(8-35)28(36)46-27(22)20(33)10-37-25/h1,3,5,10,15H,2,4,6-7,9,11-14,36H2,(H,38,40,41)/t15-,31+/m1/s1. The Morgan fingerprint density at radius 2 is 2.11 bits per heavy atom. The van der Waals surface area contributed by atoms with Gasteiger partial charge in [0.2, 0.25) is 0 Å². The molecule has 1 aromatic carbocycles. The molecule has 3 aliphatic rings. The number of nitriles is 1. The molecule has 3 aliphatic heterocycles. The zero-order chi connectivity index (χ0) is 31.6. The number of alkyl halides is 1. The van der Waals surface area contributed by atoms with Gasteiger partial charge in [-0.05, 0) is 42.6 Å². The fourth-order valence-corrected chi connectivity index (χ4v) is 8.01. The number of anilines is 2. The van der Waals surface area contributed by atoms with E-state index in [1.54, 1.807) is 18.3 Å². The Hall–Kier alpha value is -4.65. The molecule has 0 spiro atoms. The van der Waals surface area contributed by atoms with E-state index in [4.69, 9.17) is 15.2 Å². The van der Waals surface area contributed by atoms with Crippen LogP contribution < -0.4 is 15.8 Å². The number of rotatable bonds is 7. The molecule has 5 aromatic rings. The second-order valence-electron chi connectivity index (χ2n) is 11.8. The number of hydrogen-bond acceptors (Lipinski definition) is 12. The molecule has 2 saturated heterocycles. The minimum atomic E-state index is -0.947. The molecule has 0 unspecified atom stereocenters. The van der Waals surface area contributed by atoms with Gasteiger partial charge in [-0.15, -0.1) is 11.3 Å². The van der Waals surface area contributed by atoms with Gasteiger partial charge in [0, 0.05) is 30.1 Å². The van der Waals surface area contributed by atoms with Crippen LogP contribution in [0.15, 0.2) is 24.5 Å². The number of fused-ring (bicyclic) bond motifs is 5. The van der Waals surface area contributed by atoms with E-state index in [1.165, 1.54) is 0 Å². The van der Waals surface area contributed by atoms with Crippen molar-refractivity contribution in [2.45, 2.75) is 50.7 Å². The van der Waals surface area contributed by atoms with Crippen molar-refractivity contribution in [3.8, 4) is 23.3 Å². The van der Waals surface area contributed by atoms with Crippen LogP contribution in [0, 0.1) is 23.0 Å². The van der Waals surface area contributed by atoms with E-state index in [1.807, 2.05) is 6.07 Å². The third kappa shape index (κ3) is 4.50. The normalized spacial score (nSPS) is 20.7. The van der Waals surface area contributed by atoms with Gasteiger partial charge in [-0.1, -0.05) is 0 Å². The number of ether oxygens (including phenoxy) is 2. The lowest BCUT2D eigenvalue weighted by Crippen LogP contribution is -2.43. The second kappa shape index (κ2) is 11.0. The molecule has 2 fully saturated rings. The molecule has 15 heteroatoms. The first-order valence-electron chi connectivity index (χ1n) is 14.8. The Morgan fingerprint density at radius 3 is 2.93 bits per heavy atom. The molecule has 11 nitrogen and oxygen atoms in total. The number of nitrogen functional groups attached to an aromatic ring is 1. The van der Waals surface area contributed by atoms with Gasteiger partial charge >= 0.3 is 6.01 Å². The van der Waals surface area contributed by atoms with Gasteiger partial charge in [0.15, 0.2) is 11.6 Å². The number of nitrogens with two attached hydrogens (primary N) is 1. The van der Waals surface area contributed by atoms with Crippen LogP contribution in [0.4, 0.5) is 24.0 Å². The molecule has 3 N–H and O–H groups in total. The van der Waals surface area contributed by atoms with Crippen molar-refractivity contribution in [3.05, 3.63) is 58.5 Å². The molecular formula is C31H26F3N9O2S. The molecule has 4 aromatic heterocycles. The van der Waals surface area contributed by atoms with E-state index >= 15 is 4.39 Å². The lowest BCUT2D eigenvalue weighted by molar-refractivity contribution is 0.107. The van der Waals surface area contributed by atoms with Gasteiger partial charge in [-0.25, -0.2) is 13.2 Å². The highest BCUT2D eigenvalue weighted by atomic mass is 32.1. The summed E-state index contributed by atoms with van der Waals surface area (Å²) in [5.41, 5.74) is 7.40. The first-order valence-corrected chi connectivity index (χ1v) is 15.6. The van der Waals surface area contributed by atoms with Crippen molar-refractivity contribution >= 4 is 43.1 Å². The summed E-state index contributed by atoms with van der Waals surface area (Å²) in [6, 6.07) is 5.48. The highest BCUT2D eigenvalue weighted by Gasteiger charge is 2.49. The van der Waals surface area contributed by atoms with Crippen molar-refractivity contribution in [2.75, 3.05) is 30.7 Å². The summed E-state index contributed by atoms with van der Waals surface area (Å²) in [7, 11) is 0. The van der Waals surface area contributed by atoms with E-state index in [0.717, 1.165) is 36.9 Å². The molecule has 2 atom stereocenters. The summed E-state index contributed by atoms with van der Waals surface area (Å²) >= 11 is 0.906. The van der Waals surface area contributed by atoms with Gasteiger partial charge in [-0.2, -0.15) is 25.4 Å². The second-order valence-corrected chi connectivity index (χ2v) is 12.8. The van der Waals surface area contributed by atoms with Crippen molar-refractivity contribution < 1.29 is 22.6 Å². The Labute approximate surface area is 264 Å². The quantitative estimate of drug-likeness (QED) is 0.246. The fourth-order valence-electron chi connectivity index (χ4n) is 7.09. The third-order valence-electron chi connectivity index (χ3n) is 9.12. The molecule has 46 heavy (non-hydrogen) atoms. The maximum absolute atomic E-state index is 17.1. The number of halogens is 3. The predicted molar refractivity (Wildman–Crippen MR) is 164 cm³/mol. The average molecular weight is 646 g/mol. The van der Waals surface area contributed by atoms with Gasteiger partial charge < -0.3 is 20.5 Å². The van der Waals surface area contributed by atoms with Crippen LogP contribution in [0.25, 0.3) is 32.2 Å². The van der Waals surface area contributed by atoms with Crippen LogP contribution in [-0.2, 0) is 24.5 Å². The predicted octanol–water partition coefficient (Wildman–Crippen LogP) is 5.03. The van der Waals surface area contributed by atoms with Crippen LogP contribution in [0.2, 0.25) is 0 Å². The minimum absolute atomic E-state index is 0.0234. The highest BCUT2D eigenvalue weighted by Crippen LogP contribution is 2.46. The molecule has 0 bridgehead atoms. The Morgan fingerprint density at radius 1 is 1.24 bits per heavy atom. The van der Waals surface area contributed by atoms with Crippen molar-refractivity contribution in [3.63, 3.8) is 0 Å². The molecule has 8 rings (SSSR count). The van der Waals surface area contributed by atoms with E-state index in [2.05, 4.69) is 35.4 Å². The molecule has 7 heterocycles. The largest absolute Gasteiger partial charge is 0.461 e. The summed E-state index contributed by atoms with van der Waals surface area (Å²) in [6.45, 7) is 1.68. The van der Waals surface area contributed by atoms with Gasteiger partial charge in [0.25, 0.3) is 0 Å². The van der Waals surface area contributed by atoms with Gasteiger partial charge in [0.05, 0.1) is 58.5 Å². The number of pyridine rings is 1. The SMILES string of the molecule is N#Cc1c(N)sc2c(F)cnc(-c3c4c(c5c(NCc6cccnn6)nc(OC[C@@]67CCCN6C[C@H](F)C7)nc5c3F)COC4)c12. The fraction of sp³-hybridized carbons (Fsp3) is 0.355. The lowest BCUT2D eigenvalue weighted by atomic mass is 9.93. The number of benzene rings is 1. The Bertz CT molecular complexity index is 2070. The number of hydrogen-bond donors (Lipinski definition) is 2. The van der Waals surface area contributed by atoms with E-state index in [-0.39, 0.29) is 69.8 Å². The van der Waals surface area contributed by atoms with Gasteiger partial charge in [0.1, 0.15) is 35.2 Å². The maximum atomic E-state index is 17.1. The van der Waals surface area contributed by atoms with Crippen LogP contribution >= 0.6 is 11.3 Å². The van der Waals surface area contributed by atoms with Crippen molar-refractivity contribution in [1.82, 2.24) is 30.0 Å². The molecule has 0 radical (unpaired) electrons. The lowest BCUT2D eigenvalue weighted by Gasteiger charge is -2.30. The zero-order valence-electron chi connectivity index (χ0n) is 24.3. The molecule has 234 valence electrons. The summed E-state index contributed by atoms with van der Waals surface area (Å²) in [6.07, 6.45) is 3.67. The van der Waals surface area contributed by atoms with Crippen molar-refractivity contribution in [2.24, 2.45) is 0 Å². The van der Waals surface area contributed by atoms with Crippen molar-refractivity contribution in [1.29, 1.82) is 5.26 Å².